The number of carbonyl (C=O) groups is 2. The molecule has 6 heteroatoms. The summed E-state index contributed by atoms with van der Waals surface area (Å²) < 4.78 is 4.91. The average Bonchev–Trinajstić information content (AvgIpc) is 3.25. The molecule has 2 amide bonds. The molecule has 1 fully saturated rings. The van der Waals surface area contributed by atoms with Gasteiger partial charge in [-0.3, -0.25) is 9.59 Å². The Labute approximate surface area is 134 Å². The lowest BCUT2D eigenvalue weighted by Crippen LogP contribution is -2.48. The van der Waals surface area contributed by atoms with E-state index in [-0.39, 0.29) is 17.6 Å². The number of aryl methyl sites for hydroxylation is 1. The maximum absolute atomic E-state index is 12.4. The molecule has 1 saturated carbocycles. The summed E-state index contributed by atoms with van der Waals surface area (Å²) in [4.78, 5) is 24.7. The third-order valence-corrected chi connectivity index (χ3v) is 3.69. The van der Waals surface area contributed by atoms with Crippen LogP contribution in [0.5, 0.6) is 0 Å². The Bertz CT molecular complexity index is 692. The molecule has 6 nitrogen and oxygen atoms in total. The van der Waals surface area contributed by atoms with Gasteiger partial charge in [0.1, 0.15) is 11.8 Å². The van der Waals surface area contributed by atoms with Crippen molar-refractivity contribution in [2.45, 2.75) is 38.3 Å². The zero-order chi connectivity index (χ0) is 16.2. The van der Waals surface area contributed by atoms with Gasteiger partial charge in [-0.25, -0.2) is 0 Å². The maximum Gasteiger partial charge on any atom is 0.274 e. The largest absolute Gasteiger partial charge is 0.361 e. The van der Waals surface area contributed by atoms with Crippen LogP contribution in [0.15, 0.2) is 40.9 Å². The normalized spacial score (nSPS) is 15.0. The number of hydrogen-bond donors (Lipinski definition) is 2. The number of hydrogen-bond acceptors (Lipinski definition) is 4. The van der Waals surface area contributed by atoms with Gasteiger partial charge in [-0.15, -0.1) is 0 Å². The van der Waals surface area contributed by atoms with Crippen LogP contribution in [-0.4, -0.2) is 29.1 Å². The van der Waals surface area contributed by atoms with Crippen LogP contribution in [0.3, 0.4) is 0 Å². The Morgan fingerprint density at radius 2 is 2.04 bits per heavy atom. The molecule has 1 aromatic carbocycles. The first-order valence-electron chi connectivity index (χ1n) is 7.70. The molecule has 1 atom stereocenters. The molecule has 2 aromatic rings. The van der Waals surface area contributed by atoms with Crippen molar-refractivity contribution in [3.8, 4) is 0 Å². The molecule has 1 heterocycles. The predicted molar refractivity (Wildman–Crippen MR) is 83.8 cm³/mol. The molecule has 1 aliphatic carbocycles. The van der Waals surface area contributed by atoms with E-state index in [4.69, 9.17) is 4.52 Å². The Morgan fingerprint density at radius 1 is 1.30 bits per heavy atom. The highest BCUT2D eigenvalue weighted by Crippen LogP contribution is 2.19. The Morgan fingerprint density at radius 3 is 2.65 bits per heavy atom. The van der Waals surface area contributed by atoms with E-state index in [0.29, 0.717) is 12.2 Å². The number of aromatic nitrogens is 1. The molecule has 0 spiro atoms. The van der Waals surface area contributed by atoms with Crippen molar-refractivity contribution < 1.29 is 14.1 Å². The number of benzene rings is 1. The molecular weight excluding hydrogens is 294 g/mol. The van der Waals surface area contributed by atoms with Crippen molar-refractivity contribution in [1.29, 1.82) is 0 Å². The van der Waals surface area contributed by atoms with Gasteiger partial charge >= 0.3 is 0 Å². The molecule has 3 rings (SSSR count). The second kappa shape index (κ2) is 6.64. The van der Waals surface area contributed by atoms with Gasteiger partial charge in [-0.05, 0) is 25.3 Å². The van der Waals surface area contributed by atoms with Gasteiger partial charge in [-0.2, -0.15) is 0 Å². The average molecular weight is 313 g/mol. The van der Waals surface area contributed by atoms with Gasteiger partial charge in [0.25, 0.3) is 5.91 Å². The van der Waals surface area contributed by atoms with Crippen LogP contribution in [0.25, 0.3) is 0 Å². The van der Waals surface area contributed by atoms with Crippen LogP contribution in [0.2, 0.25) is 0 Å². The van der Waals surface area contributed by atoms with Gasteiger partial charge < -0.3 is 15.2 Å². The Kier molecular flexibility index (Phi) is 4.41. The summed E-state index contributed by atoms with van der Waals surface area (Å²) in [6.45, 7) is 1.71. The fraction of sp³-hybridized carbons (Fsp3) is 0.353. The third kappa shape index (κ3) is 4.18. The lowest BCUT2D eigenvalue weighted by atomic mass is 10.0. The third-order valence-electron chi connectivity index (χ3n) is 3.69. The number of rotatable bonds is 6. The van der Waals surface area contributed by atoms with Gasteiger partial charge in [0.05, 0.1) is 0 Å². The van der Waals surface area contributed by atoms with Crippen molar-refractivity contribution in [2.75, 3.05) is 0 Å². The fourth-order valence-electron chi connectivity index (χ4n) is 2.29. The van der Waals surface area contributed by atoms with Gasteiger partial charge in [-0.1, -0.05) is 35.5 Å². The number of nitrogens with one attached hydrogen (secondary N) is 2. The van der Waals surface area contributed by atoms with E-state index >= 15 is 0 Å². The predicted octanol–water partition coefficient (Wildman–Crippen LogP) is 1.60. The maximum atomic E-state index is 12.4. The minimum Gasteiger partial charge on any atom is -0.361 e. The molecule has 1 aromatic heterocycles. The molecule has 0 saturated heterocycles. The standard InChI is InChI=1S/C17H19N3O3/c1-11-9-15(20-23-11)17(22)19-14(16(21)18-13-7-8-13)10-12-5-3-2-4-6-12/h2-6,9,13-14H,7-8,10H2,1H3,(H,18,21)(H,19,22). The van der Waals surface area contributed by atoms with E-state index in [1.54, 1.807) is 13.0 Å². The van der Waals surface area contributed by atoms with Crippen molar-refractivity contribution in [3.05, 3.63) is 53.4 Å². The molecule has 0 bridgehead atoms. The first-order chi connectivity index (χ1) is 11.1. The fourth-order valence-corrected chi connectivity index (χ4v) is 2.29. The van der Waals surface area contributed by atoms with Crippen LogP contribution < -0.4 is 10.6 Å². The monoisotopic (exact) mass is 313 g/mol. The molecular formula is C17H19N3O3. The summed E-state index contributed by atoms with van der Waals surface area (Å²) in [7, 11) is 0. The number of carbonyl (C=O) groups excluding carboxylic acids is 2. The molecule has 2 N–H and O–H groups in total. The minimum absolute atomic E-state index is 0.162. The van der Waals surface area contributed by atoms with E-state index < -0.39 is 11.9 Å². The van der Waals surface area contributed by atoms with Crippen molar-refractivity contribution in [2.24, 2.45) is 0 Å². The molecule has 0 aliphatic heterocycles. The van der Waals surface area contributed by atoms with Crippen LogP contribution in [0.4, 0.5) is 0 Å². The lowest BCUT2D eigenvalue weighted by molar-refractivity contribution is -0.123. The summed E-state index contributed by atoms with van der Waals surface area (Å²) >= 11 is 0. The van der Waals surface area contributed by atoms with Crippen LogP contribution >= 0.6 is 0 Å². The number of amides is 2. The first kappa shape index (κ1) is 15.3. The molecule has 1 aliphatic rings. The smallest absolute Gasteiger partial charge is 0.274 e. The highest BCUT2D eigenvalue weighted by atomic mass is 16.5. The summed E-state index contributed by atoms with van der Waals surface area (Å²) in [6.07, 6.45) is 2.43. The van der Waals surface area contributed by atoms with Crippen molar-refractivity contribution in [1.82, 2.24) is 15.8 Å². The summed E-state index contributed by atoms with van der Waals surface area (Å²) in [5.41, 5.74) is 1.17. The highest BCUT2D eigenvalue weighted by Gasteiger charge is 2.29. The van der Waals surface area contributed by atoms with Gasteiger partial charge in [0.2, 0.25) is 5.91 Å². The van der Waals surface area contributed by atoms with Crippen LogP contribution in [0.1, 0.15) is 34.7 Å². The Balaban J connectivity index is 1.71. The van der Waals surface area contributed by atoms with Gasteiger partial charge in [0, 0.05) is 18.5 Å². The topological polar surface area (TPSA) is 84.2 Å². The van der Waals surface area contributed by atoms with E-state index in [1.807, 2.05) is 30.3 Å². The SMILES string of the molecule is Cc1cc(C(=O)NC(Cc2ccccc2)C(=O)NC2CC2)no1. The van der Waals surface area contributed by atoms with Crippen LogP contribution in [0, 0.1) is 6.92 Å². The van der Waals surface area contributed by atoms with E-state index in [1.165, 1.54) is 0 Å². The van der Waals surface area contributed by atoms with Crippen LogP contribution in [-0.2, 0) is 11.2 Å². The Hall–Kier alpha value is -2.63. The lowest BCUT2D eigenvalue weighted by Gasteiger charge is -2.18. The minimum atomic E-state index is -0.637. The second-order valence-corrected chi connectivity index (χ2v) is 5.82. The quantitative estimate of drug-likeness (QED) is 0.848. The molecule has 120 valence electrons. The van der Waals surface area contributed by atoms with Crippen molar-refractivity contribution in [3.63, 3.8) is 0 Å². The van der Waals surface area contributed by atoms with E-state index in [2.05, 4.69) is 15.8 Å². The van der Waals surface area contributed by atoms with E-state index in [0.717, 1.165) is 18.4 Å². The zero-order valence-electron chi connectivity index (χ0n) is 12.9. The summed E-state index contributed by atoms with van der Waals surface area (Å²) in [5.74, 6) is -0.0177. The first-order valence-corrected chi connectivity index (χ1v) is 7.70. The molecule has 0 radical (unpaired) electrons. The molecule has 23 heavy (non-hydrogen) atoms. The summed E-state index contributed by atoms with van der Waals surface area (Å²) in [5, 5.41) is 9.38. The molecule has 1 unspecified atom stereocenters. The van der Waals surface area contributed by atoms with Crippen molar-refractivity contribution >= 4 is 11.8 Å². The highest BCUT2D eigenvalue weighted by molar-refractivity contribution is 5.96. The van der Waals surface area contributed by atoms with Gasteiger partial charge in [0.15, 0.2) is 5.69 Å². The van der Waals surface area contributed by atoms with E-state index in [9.17, 15) is 9.59 Å². The number of nitrogens with zero attached hydrogens (tertiary/aromatic N) is 1. The second-order valence-electron chi connectivity index (χ2n) is 5.82. The zero-order valence-corrected chi connectivity index (χ0v) is 12.9. The summed E-state index contributed by atoms with van der Waals surface area (Å²) in [6, 6.07) is 10.8.